The first kappa shape index (κ1) is 13.2. The molecule has 1 fully saturated rings. The molecular formula is C14H22N2O2. The van der Waals surface area contributed by atoms with Gasteiger partial charge in [-0.25, -0.2) is 0 Å². The summed E-state index contributed by atoms with van der Waals surface area (Å²) in [7, 11) is 0. The highest BCUT2D eigenvalue weighted by Crippen LogP contribution is 2.27. The number of aromatic hydroxyl groups is 1. The largest absolute Gasteiger partial charge is 0.504 e. The van der Waals surface area contributed by atoms with Crippen LogP contribution in [-0.2, 0) is 6.54 Å². The van der Waals surface area contributed by atoms with Crippen LogP contribution in [0.2, 0.25) is 0 Å². The van der Waals surface area contributed by atoms with E-state index in [1.165, 1.54) is 12.0 Å². The van der Waals surface area contributed by atoms with Crippen LogP contribution in [0.25, 0.3) is 0 Å². The zero-order valence-corrected chi connectivity index (χ0v) is 11.0. The van der Waals surface area contributed by atoms with Gasteiger partial charge in [-0.05, 0) is 44.1 Å². The minimum absolute atomic E-state index is 0.220. The van der Waals surface area contributed by atoms with E-state index in [1.54, 1.807) is 6.07 Å². The summed E-state index contributed by atoms with van der Waals surface area (Å²) < 4.78 is 5.41. The van der Waals surface area contributed by atoms with Crippen molar-refractivity contribution in [3.8, 4) is 11.5 Å². The van der Waals surface area contributed by atoms with Crippen LogP contribution >= 0.6 is 0 Å². The maximum atomic E-state index is 9.67. The number of hydrogen-bond donors (Lipinski definition) is 2. The first-order valence-corrected chi connectivity index (χ1v) is 6.67. The minimum Gasteiger partial charge on any atom is -0.504 e. The van der Waals surface area contributed by atoms with Crippen LogP contribution < -0.4 is 10.1 Å². The van der Waals surface area contributed by atoms with Gasteiger partial charge < -0.3 is 15.2 Å². The SMILES string of the molecule is CCOc1cc(CN2CCCNCC2)ccc1O. The van der Waals surface area contributed by atoms with Gasteiger partial charge in [-0.15, -0.1) is 0 Å². The van der Waals surface area contributed by atoms with Crippen molar-refractivity contribution in [3.63, 3.8) is 0 Å². The summed E-state index contributed by atoms with van der Waals surface area (Å²) in [5, 5.41) is 13.1. The lowest BCUT2D eigenvalue weighted by atomic mass is 10.2. The van der Waals surface area contributed by atoms with Crippen molar-refractivity contribution in [1.29, 1.82) is 0 Å². The number of rotatable bonds is 4. The predicted octanol–water partition coefficient (Wildman–Crippen LogP) is 1.59. The molecule has 2 N–H and O–H groups in total. The van der Waals surface area contributed by atoms with Gasteiger partial charge in [0.25, 0.3) is 0 Å². The zero-order chi connectivity index (χ0) is 12.8. The van der Waals surface area contributed by atoms with Crippen LogP contribution in [0.1, 0.15) is 18.9 Å². The number of hydrogen-bond acceptors (Lipinski definition) is 4. The molecule has 0 amide bonds. The Kier molecular flexibility index (Phi) is 4.84. The summed E-state index contributed by atoms with van der Waals surface area (Å²) >= 11 is 0. The van der Waals surface area contributed by atoms with E-state index < -0.39 is 0 Å². The van der Waals surface area contributed by atoms with Crippen molar-refractivity contribution in [2.24, 2.45) is 0 Å². The van der Waals surface area contributed by atoms with Gasteiger partial charge in [0, 0.05) is 19.6 Å². The van der Waals surface area contributed by atoms with E-state index in [4.69, 9.17) is 4.74 Å². The van der Waals surface area contributed by atoms with Crippen molar-refractivity contribution >= 4 is 0 Å². The molecular weight excluding hydrogens is 228 g/mol. The standard InChI is InChI=1S/C14H22N2O2/c1-2-18-14-10-12(4-5-13(14)17)11-16-8-3-6-15-7-9-16/h4-5,10,15,17H,2-3,6-9,11H2,1H3. The molecule has 1 aromatic carbocycles. The van der Waals surface area contributed by atoms with E-state index in [2.05, 4.69) is 10.2 Å². The van der Waals surface area contributed by atoms with E-state index >= 15 is 0 Å². The van der Waals surface area contributed by atoms with Gasteiger partial charge in [0.05, 0.1) is 6.61 Å². The third-order valence-electron chi connectivity index (χ3n) is 3.16. The fourth-order valence-electron chi connectivity index (χ4n) is 2.25. The second-order valence-corrected chi connectivity index (χ2v) is 4.61. The molecule has 1 aliphatic heterocycles. The smallest absolute Gasteiger partial charge is 0.161 e. The lowest BCUT2D eigenvalue weighted by Gasteiger charge is -2.20. The summed E-state index contributed by atoms with van der Waals surface area (Å²) in [6.45, 7) is 7.77. The van der Waals surface area contributed by atoms with Crippen molar-refractivity contribution in [3.05, 3.63) is 23.8 Å². The molecule has 4 heteroatoms. The topological polar surface area (TPSA) is 44.7 Å². The third-order valence-corrected chi connectivity index (χ3v) is 3.16. The number of benzene rings is 1. The molecule has 2 rings (SSSR count). The maximum Gasteiger partial charge on any atom is 0.161 e. The second kappa shape index (κ2) is 6.61. The Balaban J connectivity index is 2.01. The molecule has 4 nitrogen and oxygen atoms in total. The summed E-state index contributed by atoms with van der Waals surface area (Å²) in [6.07, 6.45) is 1.19. The van der Waals surface area contributed by atoms with Gasteiger partial charge in [0.1, 0.15) is 0 Å². The molecule has 0 saturated carbocycles. The number of phenols is 1. The molecule has 0 atom stereocenters. The normalized spacial score (nSPS) is 17.4. The number of nitrogens with zero attached hydrogens (tertiary/aromatic N) is 1. The number of ether oxygens (including phenoxy) is 1. The van der Waals surface area contributed by atoms with E-state index in [9.17, 15) is 5.11 Å². The Morgan fingerprint density at radius 3 is 3.06 bits per heavy atom. The molecule has 0 radical (unpaired) electrons. The third kappa shape index (κ3) is 3.62. The van der Waals surface area contributed by atoms with Crippen LogP contribution in [0, 0.1) is 0 Å². The molecule has 0 unspecified atom stereocenters. The molecule has 1 aromatic rings. The van der Waals surface area contributed by atoms with Crippen LogP contribution in [0.15, 0.2) is 18.2 Å². The predicted molar refractivity (Wildman–Crippen MR) is 72.0 cm³/mol. The quantitative estimate of drug-likeness (QED) is 0.851. The highest BCUT2D eigenvalue weighted by atomic mass is 16.5. The number of nitrogens with one attached hydrogen (secondary N) is 1. The van der Waals surface area contributed by atoms with Crippen LogP contribution in [0.3, 0.4) is 0 Å². The molecule has 0 spiro atoms. The first-order chi connectivity index (χ1) is 8.79. The Bertz CT molecular complexity index is 374. The lowest BCUT2D eigenvalue weighted by Crippen LogP contribution is -2.27. The Labute approximate surface area is 109 Å². The van der Waals surface area contributed by atoms with Gasteiger partial charge in [-0.3, -0.25) is 4.90 Å². The molecule has 0 bridgehead atoms. The first-order valence-electron chi connectivity index (χ1n) is 6.67. The summed E-state index contributed by atoms with van der Waals surface area (Å²) in [5.74, 6) is 0.807. The molecule has 0 aliphatic carbocycles. The highest BCUT2D eigenvalue weighted by Gasteiger charge is 2.10. The van der Waals surface area contributed by atoms with E-state index in [-0.39, 0.29) is 5.75 Å². The Morgan fingerprint density at radius 1 is 1.33 bits per heavy atom. The zero-order valence-electron chi connectivity index (χ0n) is 11.0. The van der Waals surface area contributed by atoms with Crippen molar-refractivity contribution < 1.29 is 9.84 Å². The molecule has 100 valence electrons. The van der Waals surface area contributed by atoms with Gasteiger partial charge in [0.15, 0.2) is 11.5 Å². The maximum absolute atomic E-state index is 9.67. The van der Waals surface area contributed by atoms with Gasteiger partial charge >= 0.3 is 0 Å². The lowest BCUT2D eigenvalue weighted by molar-refractivity contribution is 0.282. The van der Waals surface area contributed by atoms with Crippen LogP contribution in [0.4, 0.5) is 0 Å². The minimum atomic E-state index is 0.220. The fraction of sp³-hybridized carbons (Fsp3) is 0.571. The summed E-state index contributed by atoms with van der Waals surface area (Å²) in [6, 6.07) is 5.63. The second-order valence-electron chi connectivity index (χ2n) is 4.61. The van der Waals surface area contributed by atoms with E-state index in [1.807, 2.05) is 19.1 Å². The number of phenolic OH excluding ortho intramolecular Hbond substituents is 1. The molecule has 18 heavy (non-hydrogen) atoms. The van der Waals surface area contributed by atoms with Crippen LogP contribution in [0.5, 0.6) is 11.5 Å². The fourth-order valence-corrected chi connectivity index (χ4v) is 2.25. The van der Waals surface area contributed by atoms with E-state index in [0.717, 1.165) is 32.7 Å². The van der Waals surface area contributed by atoms with Gasteiger partial charge in [-0.1, -0.05) is 6.07 Å². The molecule has 1 heterocycles. The van der Waals surface area contributed by atoms with Gasteiger partial charge in [-0.2, -0.15) is 0 Å². The van der Waals surface area contributed by atoms with Crippen LogP contribution in [-0.4, -0.2) is 42.8 Å². The highest BCUT2D eigenvalue weighted by molar-refractivity contribution is 5.41. The Hall–Kier alpha value is -1.26. The molecule has 1 saturated heterocycles. The monoisotopic (exact) mass is 250 g/mol. The van der Waals surface area contributed by atoms with Gasteiger partial charge in [0.2, 0.25) is 0 Å². The molecule has 0 aromatic heterocycles. The van der Waals surface area contributed by atoms with Crippen molar-refractivity contribution in [2.75, 3.05) is 32.8 Å². The molecule has 1 aliphatic rings. The average Bonchev–Trinajstić information content (AvgIpc) is 2.62. The van der Waals surface area contributed by atoms with E-state index in [0.29, 0.717) is 12.4 Å². The Morgan fingerprint density at radius 2 is 2.22 bits per heavy atom. The average molecular weight is 250 g/mol. The van der Waals surface area contributed by atoms with Crippen molar-refractivity contribution in [2.45, 2.75) is 19.9 Å². The summed E-state index contributed by atoms with van der Waals surface area (Å²) in [5.41, 5.74) is 1.19. The summed E-state index contributed by atoms with van der Waals surface area (Å²) in [4.78, 5) is 2.43. The van der Waals surface area contributed by atoms with Crippen molar-refractivity contribution in [1.82, 2.24) is 10.2 Å².